The highest BCUT2D eigenvalue weighted by atomic mass is 16.5. The summed E-state index contributed by atoms with van der Waals surface area (Å²) in [4.78, 5) is 35.4. The first-order chi connectivity index (χ1) is 14.5. The molecule has 0 heterocycles. The van der Waals surface area contributed by atoms with Crippen LogP contribution in [0.2, 0.25) is 0 Å². The van der Waals surface area contributed by atoms with Gasteiger partial charge in [-0.25, -0.2) is 9.59 Å². The number of rotatable bonds is 8. The number of amides is 2. The molecule has 4 rings (SSSR count). The van der Waals surface area contributed by atoms with Crippen molar-refractivity contribution < 1.29 is 24.2 Å². The number of alkyl carbamates (subject to hydrolysis) is 1. The highest BCUT2D eigenvalue weighted by Gasteiger charge is 2.31. The molecular weight excluding hydrogens is 384 g/mol. The van der Waals surface area contributed by atoms with Gasteiger partial charge >= 0.3 is 12.1 Å². The Hall–Kier alpha value is -3.35. The number of carbonyl (C=O) groups is 3. The summed E-state index contributed by atoms with van der Waals surface area (Å²) in [6.45, 7) is -0.175. The van der Waals surface area contributed by atoms with E-state index in [1.54, 1.807) is 0 Å². The van der Waals surface area contributed by atoms with Crippen molar-refractivity contribution in [2.45, 2.75) is 31.2 Å². The average Bonchev–Trinajstić information content (AvgIpc) is 3.51. The van der Waals surface area contributed by atoms with Gasteiger partial charge < -0.3 is 20.5 Å². The van der Waals surface area contributed by atoms with E-state index >= 15 is 0 Å². The molecule has 7 nitrogen and oxygen atoms in total. The summed E-state index contributed by atoms with van der Waals surface area (Å²) in [6.07, 6.45) is 1.71. The molecule has 0 radical (unpaired) electrons. The van der Waals surface area contributed by atoms with Gasteiger partial charge in [-0.1, -0.05) is 61.4 Å². The molecule has 0 aromatic heterocycles. The lowest BCUT2D eigenvalue weighted by molar-refractivity contribution is -0.142. The minimum atomic E-state index is -1.06. The first-order valence-electron chi connectivity index (χ1n) is 10.1. The van der Waals surface area contributed by atoms with E-state index < -0.39 is 24.0 Å². The molecule has 0 saturated heterocycles. The van der Waals surface area contributed by atoms with Crippen LogP contribution in [-0.4, -0.2) is 42.3 Å². The molecular formula is C23H24N2O5. The molecule has 2 amide bonds. The Balaban J connectivity index is 1.29. The Morgan fingerprint density at radius 2 is 1.60 bits per heavy atom. The van der Waals surface area contributed by atoms with Gasteiger partial charge in [-0.15, -0.1) is 0 Å². The maximum Gasteiger partial charge on any atom is 0.407 e. The van der Waals surface area contributed by atoms with Gasteiger partial charge in [0.25, 0.3) is 0 Å². The molecule has 3 N–H and O–H groups in total. The molecule has 2 aliphatic carbocycles. The molecule has 156 valence electrons. The molecule has 0 aliphatic heterocycles. The smallest absolute Gasteiger partial charge is 0.407 e. The Kier molecular flexibility index (Phi) is 5.70. The highest BCUT2D eigenvalue weighted by molar-refractivity contribution is 5.86. The van der Waals surface area contributed by atoms with Crippen molar-refractivity contribution in [1.82, 2.24) is 10.6 Å². The fourth-order valence-electron chi connectivity index (χ4n) is 3.96. The van der Waals surface area contributed by atoms with Crippen LogP contribution in [0.5, 0.6) is 0 Å². The lowest BCUT2D eigenvalue weighted by Gasteiger charge is -2.16. The van der Waals surface area contributed by atoms with Crippen LogP contribution in [0.25, 0.3) is 11.1 Å². The minimum absolute atomic E-state index is 0.0630. The van der Waals surface area contributed by atoms with Crippen molar-refractivity contribution in [2.75, 3.05) is 13.2 Å². The molecule has 1 fully saturated rings. The van der Waals surface area contributed by atoms with Crippen molar-refractivity contribution >= 4 is 18.0 Å². The highest BCUT2D eigenvalue weighted by Crippen LogP contribution is 2.44. The Morgan fingerprint density at radius 1 is 1.00 bits per heavy atom. The topological polar surface area (TPSA) is 105 Å². The SMILES string of the molecule is O=C(CNC(=O)OCC1c2ccccc2-c2ccccc21)N[C@@H](CC1CC1)C(=O)O. The van der Waals surface area contributed by atoms with Crippen molar-refractivity contribution in [2.24, 2.45) is 5.92 Å². The molecule has 0 bridgehead atoms. The summed E-state index contributed by atoms with van der Waals surface area (Å²) < 4.78 is 5.37. The summed E-state index contributed by atoms with van der Waals surface area (Å²) in [5.41, 5.74) is 4.48. The summed E-state index contributed by atoms with van der Waals surface area (Å²) in [5, 5.41) is 14.1. The number of carboxylic acid groups (broad SMARTS) is 1. The van der Waals surface area contributed by atoms with Crippen LogP contribution in [-0.2, 0) is 14.3 Å². The second kappa shape index (κ2) is 8.57. The monoisotopic (exact) mass is 408 g/mol. The van der Waals surface area contributed by atoms with Gasteiger partial charge in [0.15, 0.2) is 0 Å². The van der Waals surface area contributed by atoms with Crippen LogP contribution in [0.3, 0.4) is 0 Å². The van der Waals surface area contributed by atoms with Crippen LogP contribution >= 0.6 is 0 Å². The number of aliphatic carboxylic acids is 1. The number of hydrogen-bond donors (Lipinski definition) is 3. The number of carbonyl (C=O) groups excluding carboxylic acids is 2. The van der Waals surface area contributed by atoms with Gasteiger partial charge in [0.2, 0.25) is 5.91 Å². The molecule has 2 aromatic rings. The normalized spacial score (nSPS) is 15.6. The predicted molar refractivity (Wildman–Crippen MR) is 110 cm³/mol. The molecule has 30 heavy (non-hydrogen) atoms. The molecule has 0 unspecified atom stereocenters. The van der Waals surface area contributed by atoms with E-state index in [0.717, 1.165) is 35.1 Å². The zero-order valence-electron chi connectivity index (χ0n) is 16.5. The first kappa shape index (κ1) is 19.9. The number of hydrogen-bond acceptors (Lipinski definition) is 4. The second-order valence-electron chi connectivity index (χ2n) is 7.82. The third-order valence-corrected chi connectivity index (χ3v) is 5.64. The number of benzene rings is 2. The van der Waals surface area contributed by atoms with E-state index in [4.69, 9.17) is 4.74 Å². The van der Waals surface area contributed by atoms with Crippen LogP contribution in [0.15, 0.2) is 48.5 Å². The quantitative estimate of drug-likeness (QED) is 0.623. The van der Waals surface area contributed by atoms with Gasteiger partial charge in [-0.05, 0) is 34.6 Å². The minimum Gasteiger partial charge on any atom is -0.480 e. The van der Waals surface area contributed by atoms with Crippen LogP contribution in [0.4, 0.5) is 4.79 Å². The Labute approximate surface area is 174 Å². The number of ether oxygens (including phenoxy) is 1. The zero-order chi connectivity index (χ0) is 21.1. The molecule has 2 aliphatic rings. The van der Waals surface area contributed by atoms with Crippen LogP contribution in [0, 0.1) is 5.92 Å². The van der Waals surface area contributed by atoms with Gasteiger partial charge in [0, 0.05) is 5.92 Å². The maximum atomic E-state index is 12.1. The van der Waals surface area contributed by atoms with Crippen LogP contribution < -0.4 is 10.6 Å². The number of nitrogens with one attached hydrogen (secondary N) is 2. The summed E-state index contributed by atoms with van der Waals surface area (Å²) in [6, 6.07) is 15.1. The lowest BCUT2D eigenvalue weighted by Crippen LogP contribution is -2.45. The number of carboxylic acids is 1. The summed E-state index contributed by atoms with van der Waals surface area (Å²) in [5.74, 6) is -1.30. The largest absolute Gasteiger partial charge is 0.480 e. The number of fused-ring (bicyclic) bond motifs is 3. The molecule has 2 aromatic carbocycles. The third-order valence-electron chi connectivity index (χ3n) is 5.64. The van der Waals surface area contributed by atoms with E-state index in [1.165, 1.54) is 0 Å². The standard InChI is InChI=1S/C23H24N2O5/c26-21(25-20(22(27)28)11-14-9-10-14)12-24-23(29)30-13-19-17-7-3-1-5-15(17)16-6-2-4-8-18(16)19/h1-8,14,19-20H,9-13H2,(H,24,29)(H,25,26)(H,27,28)/t20-/m0/s1. The second-order valence-corrected chi connectivity index (χ2v) is 7.82. The van der Waals surface area contributed by atoms with Gasteiger partial charge in [0.1, 0.15) is 19.2 Å². The zero-order valence-corrected chi connectivity index (χ0v) is 16.5. The first-order valence-corrected chi connectivity index (χ1v) is 10.1. The molecule has 1 saturated carbocycles. The molecule has 7 heteroatoms. The molecule has 1 atom stereocenters. The van der Waals surface area contributed by atoms with E-state index in [2.05, 4.69) is 22.8 Å². The van der Waals surface area contributed by atoms with Gasteiger partial charge in [-0.2, -0.15) is 0 Å². The van der Waals surface area contributed by atoms with Crippen molar-refractivity contribution in [3.63, 3.8) is 0 Å². The fourth-order valence-corrected chi connectivity index (χ4v) is 3.96. The average molecular weight is 408 g/mol. The maximum absolute atomic E-state index is 12.1. The van der Waals surface area contributed by atoms with Crippen molar-refractivity contribution in [3.8, 4) is 11.1 Å². The van der Waals surface area contributed by atoms with Gasteiger partial charge in [0.05, 0.1) is 0 Å². The van der Waals surface area contributed by atoms with E-state index in [-0.39, 0.29) is 19.1 Å². The summed E-state index contributed by atoms with van der Waals surface area (Å²) >= 11 is 0. The third kappa shape index (κ3) is 4.45. The van der Waals surface area contributed by atoms with E-state index in [1.807, 2.05) is 36.4 Å². The Bertz CT molecular complexity index is 924. The molecule has 0 spiro atoms. The fraction of sp³-hybridized carbons (Fsp3) is 0.348. The van der Waals surface area contributed by atoms with Gasteiger partial charge in [-0.3, -0.25) is 4.79 Å². The summed E-state index contributed by atoms with van der Waals surface area (Å²) in [7, 11) is 0. The lowest BCUT2D eigenvalue weighted by atomic mass is 9.98. The van der Waals surface area contributed by atoms with Crippen LogP contribution in [0.1, 0.15) is 36.3 Å². The van der Waals surface area contributed by atoms with E-state index in [0.29, 0.717) is 12.3 Å². The predicted octanol–water partition coefficient (Wildman–Crippen LogP) is 2.89. The Morgan fingerprint density at radius 3 is 2.17 bits per heavy atom. The van der Waals surface area contributed by atoms with Crippen molar-refractivity contribution in [1.29, 1.82) is 0 Å². The van der Waals surface area contributed by atoms with Crippen molar-refractivity contribution in [3.05, 3.63) is 59.7 Å². The van der Waals surface area contributed by atoms with E-state index in [9.17, 15) is 19.5 Å².